The van der Waals surface area contributed by atoms with E-state index in [-0.39, 0.29) is 22.6 Å². The molecule has 0 aliphatic heterocycles. The molecule has 368 valence electrons. The maximum absolute atomic E-state index is 13.2. The number of carbonyl (C=O) groups excluding carboxylic acids is 4. The minimum absolute atomic E-state index is 0.168. The maximum atomic E-state index is 13.2. The van der Waals surface area contributed by atoms with Gasteiger partial charge in [-0.3, -0.25) is 4.79 Å². The highest BCUT2D eigenvalue weighted by atomic mass is 79.9. The van der Waals surface area contributed by atoms with Gasteiger partial charge in [-0.25, -0.2) is 14.4 Å². The van der Waals surface area contributed by atoms with Crippen LogP contribution in [-0.4, -0.2) is 37.0 Å². The summed E-state index contributed by atoms with van der Waals surface area (Å²) >= 11 is 3.52. The molecule has 0 aliphatic rings. The molecule has 5 rings (SSSR count). The van der Waals surface area contributed by atoms with Crippen LogP contribution >= 0.6 is 15.9 Å². The van der Waals surface area contributed by atoms with E-state index in [1.54, 1.807) is 84.9 Å². The van der Waals surface area contributed by atoms with E-state index in [1.807, 2.05) is 0 Å². The van der Waals surface area contributed by atoms with Crippen LogP contribution in [0.4, 0.5) is 5.69 Å². The van der Waals surface area contributed by atoms with Crippen molar-refractivity contribution in [2.75, 3.05) is 18.5 Å². The number of amides is 1. The number of benzene rings is 5. The minimum Gasteiger partial charge on any atom is -0.494 e. The molecule has 0 saturated carbocycles. The molecule has 0 aliphatic carbocycles. The molecule has 0 heterocycles. The van der Waals surface area contributed by atoms with Crippen LogP contribution in [0, 0.1) is 0 Å². The van der Waals surface area contributed by atoms with Crippen LogP contribution in [0.3, 0.4) is 0 Å². The Morgan fingerprint density at radius 3 is 1.33 bits per heavy atom. The van der Waals surface area contributed by atoms with E-state index in [9.17, 15) is 19.2 Å². The quantitative estimate of drug-likeness (QED) is 0.0254. The number of hydrogen-bond acceptors (Lipinski definition) is 9. The summed E-state index contributed by atoms with van der Waals surface area (Å²) in [6.45, 7) is 5.74. The van der Waals surface area contributed by atoms with Gasteiger partial charge in [0.25, 0.3) is 5.91 Å². The highest BCUT2D eigenvalue weighted by Crippen LogP contribution is 2.28. The average molecular weight is 1010 g/mol. The van der Waals surface area contributed by atoms with Crippen molar-refractivity contribution in [3.63, 3.8) is 0 Å². The molecule has 0 radical (unpaired) electrons. The van der Waals surface area contributed by atoms with Crippen molar-refractivity contribution in [1.82, 2.24) is 0 Å². The van der Waals surface area contributed by atoms with Crippen molar-refractivity contribution in [1.29, 1.82) is 0 Å². The van der Waals surface area contributed by atoms with E-state index in [4.69, 9.17) is 23.7 Å². The Morgan fingerprint density at radius 1 is 0.406 bits per heavy atom. The lowest BCUT2D eigenvalue weighted by atomic mass is 10.1. The van der Waals surface area contributed by atoms with Crippen LogP contribution in [0.5, 0.6) is 28.7 Å². The first-order valence-electron chi connectivity index (χ1n) is 25.2. The SMILES string of the molecule is CCCCCCCCCCCCOc1ccc(C(=O)Oc2ccc(C(=O)Oc3cccc(C(=O)Nc4ccc(OC(=O)c5ccc(OCCCCCCCCCCCC)c(Br)c5)cc4)c3)cc2)cc1. The lowest BCUT2D eigenvalue weighted by Crippen LogP contribution is -2.13. The van der Waals surface area contributed by atoms with Crippen LogP contribution in [-0.2, 0) is 0 Å². The molecule has 0 bridgehead atoms. The fourth-order valence-electron chi connectivity index (χ4n) is 7.65. The van der Waals surface area contributed by atoms with Crippen LogP contribution < -0.4 is 29.0 Å². The van der Waals surface area contributed by atoms with Crippen molar-refractivity contribution in [3.05, 3.63) is 142 Å². The zero-order valence-electron chi connectivity index (χ0n) is 40.6. The zero-order chi connectivity index (χ0) is 48.9. The summed E-state index contributed by atoms with van der Waals surface area (Å²) in [7, 11) is 0. The molecular formula is C58H70BrNO9. The van der Waals surface area contributed by atoms with E-state index in [0.717, 1.165) is 25.7 Å². The predicted octanol–water partition coefficient (Wildman–Crippen LogP) is 16.0. The van der Waals surface area contributed by atoms with Gasteiger partial charge < -0.3 is 29.0 Å². The molecule has 0 unspecified atom stereocenters. The van der Waals surface area contributed by atoms with Crippen molar-refractivity contribution in [2.45, 2.75) is 142 Å². The highest BCUT2D eigenvalue weighted by molar-refractivity contribution is 9.10. The van der Waals surface area contributed by atoms with Crippen molar-refractivity contribution >= 4 is 45.4 Å². The van der Waals surface area contributed by atoms with E-state index in [0.29, 0.717) is 51.7 Å². The Labute approximate surface area is 418 Å². The molecule has 0 atom stereocenters. The predicted molar refractivity (Wildman–Crippen MR) is 277 cm³/mol. The van der Waals surface area contributed by atoms with E-state index >= 15 is 0 Å². The highest BCUT2D eigenvalue weighted by Gasteiger charge is 2.16. The zero-order valence-corrected chi connectivity index (χ0v) is 42.2. The Hall–Kier alpha value is -5.94. The fourth-order valence-corrected chi connectivity index (χ4v) is 8.14. The van der Waals surface area contributed by atoms with Crippen molar-refractivity contribution in [2.24, 2.45) is 0 Å². The van der Waals surface area contributed by atoms with E-state index < -0.39 is 23.8 Å². The molecular weight excluding hydrogens is 935 g/mol. The van der Waals surface area contributed by atoms with Crippen LogP contribution in [0.1, 0.15) is 184 Å². The summed E-state index contributed by atoms with van der Waals surface area (Å²) in [6, 6.07) is 30.7. The number of unbranched alkanes of at least 4 members (excludes halogenated alkanes) is 18. The van der Waals surface area contributed by atoms with Gasteiger partial charge >= 0.3 is 17.9 Å². The number of hydrogen-bond donors (Lipinski definition) is 1. The molecule has 69 heavy (non-hydrogen) atoms. The van der Waals surface area contributed by atoms with Crippen molar-refractivity contribution < 1.29 is 42.9 Å². The van der Waals surface area contributed by atoms with Crippen LogP contribution in [0.15, 0.2) is 120 Å². The summed E-state index contributed by atoms with van der Waals surface area (Å²) in [5, 5.41) is 2.81. The van der Waals surface area contributed by atoms with Gasteiger partial charge in [0.15, 0.2) is 0 Å². The minimum atomic E-state index is -0.653. The van der Waals surface area contributed by atoms with Gasteiger partial charge in [-0.2, -0.15) is 0 Å². The molecule has 1 N–H and O–H groups in total. The smallest absolute Gasteiger partial charge is 0.343 e. The van der Waals surface area contributed by atoms with Crippen LogP contribution in [0.2, 0.25) is 0 Å². The van der Waals surface area contributed by atoms with Crippen molar-refractivity contribution in [3.8, 4) is 28.7 Å². The molecule has 0 aromatic heterocycles. The summed E-state index contributed by atoms with van der Waals surface area (Å²) in [4.78, 5) is 52.0. The number of ether oxygens (including phenoxy) is 5. The van der Waals surface area contributed by atoms with Gasteiger partial charge in [-0.05, 0) is 138 Å². The maximum Gasteiger partial charge on any atom is 0.343 e. The standard InChI is InChI=1S/C58H70BrNO9/c1-3-5-7-9-11-13-15-17-19-21-40-65-49-33-26-44(27-34-49)56(62)67-50-35-28-45(29-36-50)57(63)69-52-25-23-24-46(42-52)55(61)60-48-31-37-51(38-32-48)68-58(64)47-30-39-54(53(59)43-47)66-41-22-20-18-16-14-12-10-8-6-4-2/h23-39,42-43H,3-22,40-41H2,1-2H3,(H,60,61). The summed E-state index contributed by atoms with van der Waals surface area (Å²) in [5.74, 6) is -0.0332. The Morgan fingerprint density at radius 2 is 0.826 bits per heavy atom. The second-order valence-corrected chi connectivity index (χ2v) is 18.3. The molecule has 0 fully saturated rings. The first-order chi connectivity index (χ1) is 33.7. The molecule has 5 aromatic carbocycles. The Bertz CT molecular complexity index is 2310. The summed E-state index contributed by atoms with van der Waals surface area (Å²) in [6.07, 6.45) is 25.2. The number of nitrogens with one attached hydrogen (secondary N) is 1. The second kappa shape index (κ2) is 31.2. The molecule has 11 heteroatoms. The first kappa shape index (κ1) is 54.0. The average Bonchev–Trinajstić information content (AvgIpc) is 3.36. The largest absolute Gasteiger partial charge is 0.494 e. The number of carbonyl (C=O) groups is 4. The second-order valence-electron chi connectivity index (χ2n) is 17.4. The first-order valence-corrected chi connectivity index (χ1v) is 25.9. The molecule has 5 aromatic rings. The molecule has 0 spiro atoms. The number of anilines is 1. The normalized spacial score (nSPS) is 10.9. The molecule has 1 amide bonds. The third-order valence-corrected chi connectivity index (χ3v) is 12.3. The van der Waals surface area contributed by atoms with Gasteiger partial charge in [0.05, 0.1) is 34.4 Å². The number of esters is 3. The lowest BCUT2D eigenvalue weighted by Gasteiger charge is -2.11. The third-order valence-electron chi connectivity index (χ3n) is 11.7. The lowest BCUT2D eigenvalue weighted by molar-refractivity contribution is 0.0723. The monoisotopic (exact) mass is 1000 g/mol. The van der Waals surface area contributed by atoms with Gasteiger partial charge in [0, 0.05) is 11.3 Å². The van der Waals surface area contributed by atoms with Crippen LogP contribution in [0.25, 0.3) is 0 Å². The topological polar surface area (TPSA) is 126 Å². The molecule has 10 nitrogen and oxygen atoms in total. The fraction of sp³-hybridized carbons (Fsp3) is 0.414. The van der Waals surface area contributed by atoms with Gasteiger partial charge in [-0.1, -0.05) is 135 Å². The summed E-state index contributed by atoms with van der Waals surface area (Å²) < 4.78 is 29.2. The number of halogens is 1. The van der Waals surface area contributed by atoms with Gasteiger partial charge in [-0.15, -0.1) is 0 Å². The summed E-state index contributed by atoms with van der Waals surface area (Å²) in [5.41, 5.74) is 1.69. The number of rotatable bonds is 32. The van der Waals surface area contributed by atoms with Gasteiger partial charge in [0.2, 0.25) is 0 Å². The van der Waals surface area contributed by atoms with Gasteiger partial charge in [0.1, 0.15) is 28.7 Å². The third kappa shape index (κ3) is 20.3. The van der Waals surface area contributed by atoms with E-state index in [1.165, 1.54) is 133 Å². The Balaban J connectivity index is 0.986. The molecule has 0 saturated heterocycles. The van der Waals surface area contributed by atoms with E-state index in [2.05, 4.69) is 35.1 Å². The Kier molecular flexibility index (Phi) is 24.5.